The number of ether oxygens (including phenoxy) is 2. The minimum absolute atomic E-state index is 0.186. The molecule has 1 aromatic rings. The largest absolute Gasteiger partial charge is 0.381 e. The molecule has 2 heterocycles. The SMILES string of the molecule is Fc1ccc(/C=C/CN2CCC(OC3CCOCC3)CC2)cc1. The summed E-state index contributed by atoms with van der Waals surface area (Å²) in [4.78, 5) is 2.45. The number of hydrogen-bond donors (Lipinski definition) is 0. The Labute approximate surface area is 138 Å². The topological polar surface area (TPSA) is 21.7 Å². The molecule has 0 N–H and O–H groups in total. The second-order valence-corrected chi connectivity index (χ2v) is 6.40. The molecular weight excluding hydrogens is 293 g/mol. The summed E-state index contributed by atoms with van der Waals surface area (Å²) in [7, 11) is 0. The molecule has 4 heteroatoms. The smallest absolute Gasteiger partial charge is 0.123 e. The van der Waals surface area contributed by atoms with Crippen LogP contribution in [0.2, 0.25) is 0 Å². The fourth-order valence-corrected chi connectivity index (χ4v) is 3.22. The summed E-state index contributed by atoms with van der Waals surface area (Å²) in [6.07, 6.45) is 9.34. The number of rotatable bonds is 5. The van der Waals surface area contributed by atoms with Crippen molar-refractivity contribution in [3.63, 3.8) is 0 Å². The number of likely N-dealkylation sites (tertiary alicyclic amines) is 1. The van der Waals surface area contributed by atoms with Gasteiger partial charge in [-0.15, -0.1) is 0 Å². The van der Waals surface area contributed by atoms with Crippen LogP contribution in [0.25, 0.3) is 6.08 Å². The summed E-state index contributed by atoms with van der Waals surface area (Å²) < 4.78 is 24.4. The minimum Gasteiger partial charge on any atom is -0.381 e. The third-order valence-corrected chi connectivity index (χ3v) is 4.63. The molecule has 126 valence electrons. The number of halogens is 1. The number of nitrogens with zero attached hydrogens (tertiary/aromatic N) is 1. The van der Waals surface area contributed by atoms with Crippen molar-refractivity contribution in [1.82, 2.24) is 4.90 Å². The molecule has 1 aromatic carbocycles. The van der Waals surface area contributed by atoms with Crippen LogP contribution in [-0.2, 0) is 9.47 Å². The predicted octanol–water partition coefficient (Wildman–Crippen LogP) is 3.50. The first-order valence-corrected chi connectivity index (χ1v) is 8.67. The molecule has 3 nitrogen and oxygen atoms in total. The number of hydrogen-bond acceptors (Lipinski definition) is 3. The Morgan fingerprint density at radius 1 is 1.04 bits per heavy atom. The van der Waals surface area contributed by atoms with Crippen molar-refractivity contribution in [2.75, 3.05) is 32.8 Å². The van der Waals surface area contributed by atoms with Gasteiger partial charge in [0.2, 0.25) is 0 Å². The fourth-order valence-electron chi connectivity index (χ4n) is 3.22. The van der Waals surface area contributed by atoms with E-state index < -0.39 is 0 Å². The van der Waals surface area contributed by atoms with Crippen LogP contribution in [0.1, 0.15) is 31.2 Å². The van der Waals surface area contributed by atoms with Gasteiger partial charge in [0.25, 0.3) is 0 Å². The van der Waals surface area contributed by atoms with Gasteiger partial charge in [0.15, 0.2) is 0 Å². The molecule has 0 radical (unpaired) electrons. The molecule has 3 rings (SSSR count). The molecule has 0 aromatic heterocycles. The van der Waals surface area contributed by atoms with Crippen LogP contribution >= 0.6 is 0 Å². The Hall–Kier alpha value is -1.23. The van der Waals surface area contributed by atoms with Crippen LogP contribution in [0.3, 0.4) is 0 Å². The maximum atomic E-state index is 12.9. The first-order chi connectivity index (χ1) is 11.3. The fraction of sp³-hybridized carbons (Fsp3) is 0.579. The molecular formula is C19H26FNO2. The highest BCUT2D eigenvalue weighted by atomic mass is 19.1. The van der Waals surface area contributed by atoms with E-state index in [1.807, 2.05) is 0 Å². The second-order valence-electron chi connectivity index (χ2n) is 6.40. The number of piperidine rings is 1. The second kappa shape index (κ2) is 8.57. The highest BCUT2D eigenvalue weighted by Crippen LogP contribution is 2.20. The van der Waals surface area contributed by atoms with Crippen molar-refractivity contribution >= 4 is 6.08 Å². The zero-order valence-corrected chi connectivity index (χ0v) is 13.6. The molecule has 23 heavy (non-hydrogen) atoms. The van der Waals surface area contributed by atoms with Gasteiger partial charge in [-0.05, 0) is 43.4 Å². The van der Waals surface area contributed by atoms with Crippen LogP contribution in [-0.4, -0.2) is 50.0 Å². The molecule has 2 aliphatic heterocycles. The predicted molar refractivity (Wildman–Crippen MR) is 89.8 cm³/mol. The summed E-state index contributed by atoms with van der Waals surface area (Å²) in [5, 5.41) is 0. The first-order valence-electron chi connectivity index (χ1n) is 8.67. The average Bonchev–Trinajstić information content (AvgIpc) is 2.59. The Kier molecular flexibility index (Phi) is 6.20. The molecule has 0 bridgehead atoms. The normalized spacial score (nSPS) is 22.0. The Morgan fingerprint density at radius 3 is 2.39 bits per heavy atom. The molecule has 0 spiro atoms. The first kappa shape index (κ1) is 16.6. The summed E-state index contributed by atoms with van der Waals surface area (Å²) in [5.41, 5.74) is 1.05. The lowest BCUT2D eigenvalue weighted by atomic mass is 10.1. The summed E-state index contributed by atoms with van der Waals surface area (Å²) in [5.74, 6) is -0.186. The van der Waals surface area contributed by atoms with Gasteiger partial charge in [-0.3, -0.25) is 4.90 Å². The van der Waals surface area contributed by atoms with E-state index >= 15 is 0 Å². The molecule has 2 fully saturated rings. The van der Waals surface area contributed by atoms with E-state index in [0.29, 0.717) is 12.2 Å². The van der Waals surface area contributed by atoms with Crippen molar-refractivity contribution in [2.24, 2.45) is 0 Å². The molecule has 0 atom stereocenters. The quantitative estimate of drug-likeness (QED) is 0.829. The highest BCUT2D eigenvalue weighted by molar-refractivity contribution is 5.48. The standard InChI is InChI=1S/C19H26FNO2/c20-17-5-3-16(4-6-17)2-1-11-21-12-7-18(8-13-21)23-19-9-14-22-15-10-19/h1-6,18-19H,7-15H2/b2-1+. The summed E-state index contributed by atoms with van der Waals surface area (Å²) >= 11 is 0. The Morgan fingerprint density at radius 2 is 1.70 bits per heavy atom. The lowest BCUT2D eigenvalue weighted by Crippen LogP contribution is -2.39. The molecule has 0 saturated carbocycles. The molecule has 2 aliphatic rings. The Balaban J connectivity index is 1.36. The highest BCUT2D eigenvalue weighted by Gasteiger charge is 2.23. The van der Waals surface area contributed by atoms with Gasteiger partial charge in [-0.25, -0.2) is 4.39 Å². The van der Waals surface area contributed by atoms with Crippen molar-refractivity contribution in [2.45, 2.75) is 37.9 Å². The van der Waals surface area contributed by atoms with Gasteiger partial charge in [-0.2, -0.15) is 0 Å². The van der Waals surface area contributed by atoms with E-state index in [1.165, 1.54) is 12.1 Å². The summed E-state index contributed by atoms with van der Waals surface area (Å²) in [6, 6.07) is 6.61. The van der Waals surface area contributed by atoms with Gasteiger partial charge in [0.1, 0.15) is 5.82 Å². The van der Waals surface area contributed by atoms with Crippen molar-refractivity contribution in [1.29, 1.82) is 0 Å². The lowest BCUT2D eigenvalue weighted by molar-refractivity contribution is -0.0839. The van der Waals surface area contributed by atoms with Gasteiger partial charge in [0, 0.05) is 32.8 Å². The summed E-state index contributed by atoms with van der Waals surface area (Å²) in [6.45, 7) is 4.81. The van der Waals surface area contributed by atoms with E-state index in [1.54, 1.807) is 12.1 Å². The average molecular weight is 319 g/mol. The minimum atomic E-state index is -0.186. The van der Waals surface area contributed by atoms with E-state index in [4.69, 9.17) is 9.47 Å². The molecule has 0 aliphatic carbocycles. The van der Waals surface area contributed by atoms with Gasteiger partial charge in [0.05, 0.1) is 12.2 Å². The van der Waals surface area contributed by atoms with Crippen LogP contribution in [0.4, 0.5) is 4.39 Å². The molecule has 0 amide bonds. The van der Waals surface area contributed by atoms with Crippen molar-refractivity contribution < 1.29 is 13.9 Å². The monoisotopic (exact) mass is 319 g/mol. The van der Waals surface area contributed by atoms with Gasteiger partial charge < -0.3 is 9.47 Å². The molecule has 0 unspecified atom stereocenters. The van der Waals surface area contributed by atoms with E-state index in [9.17, 15) is 4.39 Å². The zero-order chi connectivity index (χ0) is 15.9. The van der Waals surface area contributed by atoms with E-state index in [0.717, 1.165) is 64.1 Å². The van der Waals surface area contributed by atoms with Gasteiger partial charge in [-0.1, -0.05) is 24.3 Å². The third kappa shape index (κ3) is 5.41. The van der Waals surface area contributed by atoms with Crippen LogP contribution < -0.4 is 0 Å². The van der Waals surface area contributed by atoms with Crippen LogP contribution in [0.5, 0.6) is 0 Å². The zero-order valence-electron chi connectivity index (χ0n) is 13.6. The van der Waals surface area contributed by atoms with Crippen LogP contribution in [0.15, 0.2) is 30.3 Å². The maximum Gasteiger partial charge on any atom is 0.123 e. The lowest BCUT2D eigenvalue weighted by Gasteiger charge is -2.34. The third-order valence-electron chi connectivity index (χ3n) is 4.63. The van der Waals surface area contributed by atoms with Crippen molar-refractivity contribution in [3.05, 3.63) is 41.7 Å². The number of benzene rings is 1. The van der Waals surface area contributed by atoms with Crippen LogP contribution in [0, 0.1) is 5.82 Å². The van der Waals surface area contributed by atoms with E-state index in [2.05, 4.69) is 17.1 Å². The maximum absolute atomic E-state index is 12.9. The van der Waals surface area contributed by atoms with Gasteiger partial charge >= 0.3 is 0 Å². The van der Waals surface area contributed by atoms with E-state index in [-0.39, 0.29) is 5.82 Å². The van der Waals surface area contributed by atoms with Crippen molar-refractivity contribution in [3.8, 4) is 0 Å². The molecule has 2 saturated heterocycles. The Bertz CT molecular complexity index is 489.